The highest BCUT2D eigenvalue weighted by Crippen LogP contribution is 2.34. The molecule has 6 nitrogen and oxygen atoms in total. The van der Waals surface area contributed by atoms with Crippen molar-refractivity contribution in [3.8, 4) is 5.75 Å². The fraction of sp³-hybridized carbons (Fsp3) is 0.419. The molecule has 1 atom stereocenters. The molecule has 0 saturated carbocycles. The third-order valence-corrected chi connectivity index (χ3v) is 8.01. The van der Waals surface area contributed by atoms with Crippen LogP contribution < -0.4 is 4.74 Å². The molecule has 0 bridgehead atoms. The second-order valence-electron chi connectivity index (χ2n) is 10.6. The molecule has 0 aromatic heterocycles. The van der Waals surface area contributed by atoms with Crippen LogP contribution in [0, 0.1) is 6.92 Å². The van der Waals surface area contributed by atoms with Gasteiger partial charge in [0, 0.05) is 52.0 Å². The van der Waals surface area contributed by atoms with Crippen LogP contribution in [0.25, 0.3) is 10.8 Å². The van der Waals surface area contributed by atoms with E-state index in [4.69, 9.17) is 9.73 Å². The molecule has 6 heteroatoms. The van der Waals surface area contributed by atoms with Gasteiger partial charge < -0.3 is 14.5 Å². The lowest BCUT2D eigenvalue weighted by Gasteiger charge is -2.34. The molecule has 0 N–H and O–H groups in total. The minimum absolute atomic E-state index is 0.107. The molecule has 2 saturated heterocycles. The van der Waals surface area contributed by atoms with Gasteiger partial charge in [-0.1, -0.05) is 30.3 Å². The molecule has 0 aliphatic carbocycles. The SMILES string of the molecule is Cc1cc2cc3c(cc2cc1OCCCN1CCN(Cc2ccccc2)CC1)N=C[C@@H]1CCCN1C3=O. The number of carbonyl (C=O) groups is 1. The molecule has 2 fully saturated rings. The standard InChI is InChI=1S/C31H36N4O2/c1-23-17-25-18-28-29(32-21-27-9-5-11-35(27)31(28)36)19-26(25)20-30(23)37-16-6-10-33-12-14-34(15-13-33)22-24-7-3-2-4-8-24/h2-4,7-8,17-21,27H,5-6,9-16,22H2,1H3/t27-/m0/s1. The Hall–Kier alpha value is -3.22. The second-order valence-corrected chi connectivity index (χ2v) is 10.6. The zero-order valence-electron chi connectivity index (χ0n) is 21.7. The van der Waals surface area contributed by atoms with Gasteiger partial charge in [-0.2, -0.15) is 0 Å². The van der Waals surface area contributed by atoms with E-state index in [-0.39, 0.29) is 11.9 Å². The number of hydrogen-bond donors (Lipinski definition) is 0. The highest BCUT2D eigenvalue weighted by Gasteiger charge is 2.31. The lowest BCUT2D eigenvalue weighted by atomic mass is 10.0. The molecule has 3 aliphatic heterocycles. The molecule has 192 valence electrons. The molecule has 0 spiro atoms. The number of aliphatic imine (C=N–C) groups is 1. The summed E-state index contributed by atoms with van der Waals surface area (Å²) in [5, 5.41) is 2.14. The number of piperazine rings is 1. The van der Waals surface area contributed by atoms with Crippen LogP contribution in [0.5, 0.6) is 5.75 Å². The summed E-state index contributed by atoms with van der Waals surface area (Å²) in [6, 6.07) is 19.2. The van der Waals surface area contributed by atoms with E-state index in [1.165, 1.54) is 5.56 Å². The molecule has 0 radical (unpaired) electrons. The molecular formula is C31H36N4O2. The van der Waals surface area contributed by atoms with Crippen LogP contribution in [0.1, 0.15) is 40.7 Å². The number of benzene rings is 3. The van der Waals surface area contributed by atoms with Crippen LogP contribution in [0.2, 0.25) is 0 Å². The molecule has 1 amide bonds. The molecule has 0 unspecified atom stereocenters. The fourth-order valence-corrected chi connectivity index (χ4v) is 5.87. The predicted octanol–water partition coefficient (Wildman–Crippen LogP) is 5.06. The first-order valence-electron chi connectivity index (χ1n) is 13.7. The van der Waals surface area contributed by atoms with Crippen LogP contribution in [0.4, 0.5) is 5.69 Å². The van der Waals surface area contributed by atoms with Crippen LogP contribution >= 0.6 is 0 Å². The monoisotopic (exact) mass is 496 g/mol. The van der Waals surface area contributed by atoms with Gasteiger partial charge in [-0.3, -0.25) is 14.7 Å². The van der Waals surface area contributed by atoms with Crippen molar-refractivity contribution in [2.24, 2.45) is 4.99 Å². The van der Waals surface area contributed by atoms with Crippen molar-refractivity contribution in [1.82, 2.24) is 14.7 Å². The second kappa shape index (κ2) is 10.6. The van der Waals surface area contributed by atoms with E-state index >= 15 is 0 Å². The summed E-state index contributed by atoms with van der Waals surface area (Å²) < 4.78 is 6.24. The summed E-state index contributed by atoms with van der Waals surface area (Å²) >= 11 is 0. The third-order valence-electron chi connectivity index (χ3n) is 8.01. The van der Waals surface area contributed by atoms with Gasteiger partial charge in [-0.25, -0.2) is 0 Å². The van der Waals surface area contributed by atoms with Crippen molar-refractivity contribution in [3.05, 3.63) is 71.3 Å². The average Bonchev–Trinajstić information content (AvgIpc) is 3.35. The zero-order valence-corrected chi connectivity index (χ0v) is 21.7. The molecule has 37 heavy (non-hydrogen) atoms. The zero-order chi connectivity index (χ0) is 25.2. The lowest BCUT2D eigenvalue weighted by molar-refractivity contribution is 0.0775. The summed E-state index contributed by atoms with van der Waals surface area (Å²) in [6.07, 6.45) is 5.02. The molecular weight excluding hydrogens is 460 g/mol. The number of carbonyl (C=O) groups excluding carboxylic acids is 1. The minimum atomic E-state index is 0.107. The smallest absolute Gasteiger partial charge is 0.256 e. The lowest BCUT2D eigenvalue weighted by Crippen LogP contribution is -2.46. The quantitative estimate of drug-likeness (QED) is 0.429. The van der Waals surface area contributed by atoms with Crippen LogP contribution in [-0.4, -0.2) is 78.7 Å². The summed E-state index contributed by atoms with van der Waals surface area (Å²) in [5.41, 5.74) is 3.98. The Morgan fingerprint density at radius 3 is 2.57 bits per heavy atom. The topological polar surface area (TPSA) is 48.4 Å². The van der Waals surface area contributed by atoms with Crippen molar-refractivity contribution >= 4 is 28.6 Å². The Kier molecular flexibility index (Phi) is 6.94. The predicted molar refractivity (Wildman–Crippen MR) is 149 cm³/mol. The van der Waals surface area contributed by atoms with Crippen LogP contribution in [-0.2, 0) is 6.54 Å². The largest absolute Gasteiger partial charge is 0.493 e. The Balaban J connectivity index is 1.04. The average molecular weight is 497 g/mol. The van der Waals surface area contributed by atoms with E-state index in [1.807, 2.05) is 23.2 Å². The first-order chi connectivity index (χ1) is 18.1. The van der Waals surface area contributed by atoms with Gasteiger partial charge in [-0.05, 0) is 72.4 Å². The van der Waals surface area contributed by atoms with Crippen molar-refractivity contribution in [2.45, 2.75) is 38.8 Å². The third kappa shape index (κ3) is 5.27. The Morgan fingerprint density at radius 1 is 0.946 bits per heavy atom. The maximum absolute atomic E-state index is 13.1. The summed E-state index contributed by atoms with van der Waals surface area (Å²) in [4.78, 5) is 24.9. The number of hydrogen-bond acceptors (Lipinski definition) is 5. The van der Waals surface area contributed by atoms with E-state index in [2.05, 4.69) is 59.2 Å². The van der Waals surface area contributed by atoms with Gasteiger partial charge in [0.1, 0.15) is 5.75 Å². The molecule has 6 rings (SSSR count). The number of aryl methyl sites for hydroxylation is 1. The summed E-state index contributed by atoms with van der Waals surface area (Å²) in [6.45, 7) is 10.2. The van der Waals surface area contributed by atoms with Gasteiger partial charge in [0.25, 0.3) is 5.91 Å². The fourth-order valence-electron chi connectivity index (χ4n) is 5.87. The molecule has 3 aromatic rings. The normalized spacial score (nSPS) is 20.2. The number of nitrogens with zero attached hydrogens (tertiary/aromatic N) is 4. The maximum atomic E-state index is 13.1. The van der Waals surface area contributed by atoms with Gasteiger partial charge in [-0.15, -0.1) is 0 Å². The highest BCUT2D eigenvalue weighted by atomic mass is 16.5. The highest BCUT2D eigenvalue weighted by molar-refractivity contribution is 6.06. The number of amides is 1. The van der Waals surface area contributed by atoms with E-state index in [1.54, 1.807) is 0 Å². The number of rotatable bonds is 7. The van der Waals surface area contributed by atoms with Gasteiger partial charge in [0.2, 0.25) is 0 Å². The van der Waals surface area contributed by atoms with Gasteiger partial charge >= 0.3 is 0 Å². The molecule has 3 aliphatic rings. The van der Waals surface area contributed by atoms with E-state index in [0.717, 1.165) is 92.8 Å². The van der Waals surface area contributed by atoms with E-state index in [9.17, 15) is 4.79 Å². The molecule has 3 heterocycles. The number of ether oxygens (including phenoxy) is 1. The maximum Gasteiger partial charge on any atom is 0.256 e. The van der Waals surface area contributed by atoms with Crippen molar-refractivity contribution in [1.29, 1.82) is 0 Å². The van der Waals surface area contributed by atoms with Gasteiger partial charge in [0.15, 0.2) is 0 Å². The number of fused-ring (bicyclic) bond motifs is 3. The van der Waals surface area contributed by atoms with Crippen LogP contribution in [0.15, 0.2) is 59.6 Å². The van der Waals surface area contributed by atoms with E-state index in [0.29, 0.717) is 12.2 Å². The van der Waals surface area contributed by atoms with Gasteiger partial charge in [0.05, 0.1) is 23.9 Å². The Labute approximate surface area is 219 Å². The van der Waals surface area contributed by atoms with E-state index < -0.39 is 0 Å². The Morgan fingerprint density at radius 2 is 1.73 bits per heavy atom. The summed E-state index contributed by atoms with van der Waals surface area (Å²) in [5.74, 6) is 1.03. The van der Waals surface area contributed by atoms with Crippen molar-refractivity contribution < 1.29 is 9.53 Å². The van der Waals surface area contributed by atoms with Crippen LogP contribution in [0.3, 0.4) is 0 Å². The summed E-state index contributed by atoms with van der Waals surface area (Å²) in [7, 11) is 0. The first-order valence-corrected chi connectivity index (χ1v) is 13.7. The van der Waals surface area contributed by atoms with Crippen molar-refractivity contribution in [2.75, 3.05) is 45.9 Å². The van der Waals surface area contributed by atoms with Crippen molar-refractivity contribution in [3.63, 3.8) is 0 Å². The minimum Gasteiger partial charge on any atom is -0.493 e. The Bertz CT molecular complexity index is 1300. The molecule has 3 aromatic carbocycles. The first kappa shape index (κ1) is 24.1.